The van der Waals surface area contributed by atoms with Gasteiger partial charge in [0, 0.05) is 28.4 Å². The van der Waals surface area contributed by atoms with Crippen molar-refractivity contribution in [1.82, 2.24) is 0 Å². The Kier molecular flexibility index (Phi) is 5.46. The van der Waals surface area contributed by atoms with E-state index in [0.717, 1.165) is 4.47 Å². The van der Waals surface area contributed by atoms with Crippen LogP contribution in [0.1, 0.15) is 33.6 Å². The van der Waals surface area contributed by atoms with E-state index in [1.165, 1.54) is 24.3 Å². The monoisotopic (exact) mass is 395 g/mol. The number of sulfonamides is 1. The van der Waals surface area contributed by atoms with Gasteiger partial charge >= 0.3 is 0 Å². The molecule has 0 aromatic heterocycles. The number of Topliss-reactive ketones (excluding diaryl/α,β-unsaturated/α-hetero) is 2. The van der Waals surface area contributed by atoms with Crippen LogP contribution in [-0.2, 0) is 10.0 Å². The van der Waals surface area contributed by atoms with Gasteiger partial charge in [0.05, 0.1) is 4.90 Å². The summed E-state index contributed by atoms with van der Waals surface area (Å²) in [6.07, 6.45) is 0.154. The molecule has 0 saturated carbocycles. The zero-order valence-electron chi connectivity index (χ0n) is 12.0. The molecule has 0 amide bonds. The van der Waals surface area contributed by atoms with E-state index in [1.807, 2.05) is 0 Å². The minimum atomic E-state index is -3.78. The molecule has 0 atom stereocenters. The molecule has 0 bridgehead atoms. The van der Waals surface area contributed by atoms with Crippen molar-refractivity contribution in [3.8, 4) is 0 Å². The second-order valence-corrected chi connectivity index (χ2v) is 7.40. The highest BCUT2D eigenvalue weighted by molar-refractivity contribution is 9.10. The summed E-state index contributed by atoms with van der Waals surface area (Å²) < 4.78 is 23.2. The lowest BCUT2D eigenvalue weighted by Gasteiger charge is -2.03. The van der Waals surface area contributed by atoms with Crippen molar-refractivity contribution in [2.24, 2.45) is 5.14 Å². The van der Waals surface area contributed by atoms with Gasteiger partial charge in [0.15, 0.2) is 11.6 Å². The lowest BCUT2D eigenvalue weighted by molar-refractivity contribution is 0.0917. The van der Waals surface area contributed by atoms with Gasteiger partial charge in [0.1, 0.15) is 0 Å². The number of carbonyl (C=O) groups is 2. The first-order valence-corrected chi connectivity index (χ1v) is 9.06. The van der Waals surface area contributed by atoms with Gasteiger partial charge in [0.2, 0.25) is 10.0 Å². The molecule has 0 aliphatic carbocycles. The van der Waals surface area contributed by atoms with Crippen molar-refractivity contribution in [3.63, 3.8) is 0 Å². The summed E-state index contributed by atoms with van der Waals surface area (Å²) in [4.78, 5) is 24.0. The molecule has 0 spiro atoms. The van der Waals surface area contributed by atoms with Crippen LogP contribution in [0.4, 0.5) is 0 Å². The Morgan fingerprint density at radius 2 is 1.22 bits per heavy atom. The van der Waals surface area contributed by atoms with E-state index in [4.69, 9.17) is 5.14 Å². The molecule has 0 aliphatic rings. The maximum Gasteiger partial charge on any atom is 0.238 e. The Morgan fingerprint density at radius 3 is 1.61 bits per heavy atom. The van der Waals surface area contributed by atoms with Crippen molar-refractivity contribution in [1.29, 1.82) is 0 Å². The first-order valence-electron chi connectivity index (χ1n) is 6.72. The summed E-state index contributed by atoms with van der Waals surface area (Å²) >= 11 is 3.29. The average Bonchev–Trinajstić information content (AvgIpc) is 2.52. The van der Waals surface area contributed by atoms with Gasteiger partial charge in [-0.15, -0.1) is 0 Å². The number of hydrogen-bond donors (Lipinski definition) is 1. The van der Waals surface area contributed by atoms with Crippen LogP contribution in [0.5, 0.6) is 0 Å². The predicted octanol–water partition coefficient (Wildman–Crippen LogP) is 2.94. The second-order valence-electron chi connectivity index (χ2n) is 4.92. The highest BCUT2D eigenvalue weighted by atomic mass is 79.9. The largest absolute Gasteiger partial charge is 0.294 e. The molecule has 7 heteroatoms. The van der Waals surface area contributed by atoms with Crippen LogP contribution in [0.25, 0.3) is 0 Å². The summed E-state index contributed by atoms with van der Waals surface area (Å²) in [5, 5.41) is 5.00. The Morgan fingerprint density at radius 1 is 0.826 bits per heavy atom. The van der Waals surface area contributed by atoms with Crippen molar-refractivity contribution in [3.05, 3.63) is 64.1 Å². The fourth-order valence-corrected chi connectivity index (χ4v) is 2.76. The quantitative estimate of drug-likeness (QED) is 0.760. The highest BCUT2D eigenvalue weighted by Gasteiger charge is 2.13. The van der Waals surface area contributed by atoms with Crippen molar-refractivity contribution >= 4 is 37.5 Å². The molecule has 120 valence electrons. The third-order valence-electron chi connectivity index (χ3n) is 3.25. The first kappa shape index (κ1) is 17.5. The van der Waals surface area contributed by atoms with Crippen LogP contribution in [0.15, 0.2) is 57.9 Å². The van der Waals surface area contributed by atoms with Gasteiger partial charge in [-0.1, -0.05) is 40.2 Å². The molecule has 2 N–H and O–H groups in total. The minimum absolute atomic E-state index is 0.0556. The van der Waals surface area contributed by atoms with Crippen LogP contribution < -0.4 is 5.14 Å². The molecule has 2 aromatic carbocycles. The molecule has 23 heavy (non-hydrogen) atoms. The van der Waals surface area contributed by atoms with E-state index < -0.39 is 10.0 Å². The zero-order chi connectivity index (χ0) is 17.0. The first-order chi connectivity index (χ1) is 10.8. The maximum absolute atomic E-state index is 12.1. The SMILES string of the molecule is NS(=O)(=O)c1ccc(C(=O)CCC(=O)c2ccc(Br)cc2)cc1. The summed E-state index contributed by atoms with van der Waals surface area (Å²) in [6.45, 7) is 0. The lowest BCUT2D eigenvalue weighted by Crippen LogP contribution is -2.12. The second kappa shape index (κ2) is 7.16. The summed E-state index contributed by atoms with van der Waals surface area (Å²) in [7, 11) is -3.78. The van der Waals surface area contributed by atoms with Gasteiger partial charge in [-0.25, -0.2) is 13.6 Å². The fourth-order valence-electron chi connectivity index (χ4n) is 1.98. The van der Waals surface area contributed by atoms with Gasteiger partial charge in [-0.05, 0) is 24.3 Å². The lowest BCUT2D eigenvalue weighted by atomic mass is 10.0. The fraction of sp³-hybridized carbons (Fsp3) is 0.125. The third kappa shape index (κ3) is 4.82. The van der Waals surface area contributed by atoms with E-state index in [9.17, 15) is 18.0 Å². The van der Waals surface area contributed by atoms with Crippen LogP contribution in [0.3, 0.4) is 0 Å². The number of rotatable bonds is 6. The van der Waals surface area contributed by atoms with E-state index in [1.54, 1.807) is 24.3 Å². The van der Waals surface area contributed by atoms with Crippen LogP contribution in [0.2, 0.25) is 0 Å². The summed E-state index contributed by atoms with van der Waals surface area (Å²) in [5.41, 5.74) is 0.895. The zero-order valence-corrected chi connectivity index (χ0v) is 14.4. The number of ketones is 2. The third-order valence-corrected chi connectivity index (χ3v) is 4.71. The molecule has 2 rings (SSSR count). The van der Waals surface area contributed by atoms with Gasteiger partial charge < -0.3 is 0 Å². The smallest absolute Gasteiger partial charge is 0.238 e. The number of primary sulfonamides is 1. The van der Waals surface area contributed by atoms with Gasteiger partial charge in [0.25, 0.3) is 0 Å². The van der Waals surface area contributed by atoms with Crippen LogP contribution >= 0.6 is 15.9 Å². The number of benzene rings is 2. The van der Waals surface area contributed by atoms with Crippen LogP contribution in [-0.4, -0.2) is 20.0 Å². The topological polar surface area (TPSA) is 94.3 Å². The van der Waals surface area contributed by atoms with E-state index >= 15 is 0 Å². The van der Waals surface area contributed by atoms with Gasteiger partial charge in [-0.3, -0.25) is 9.59 Å². The summed E-state index contributed by atoms with van der Waals surface area (Å²) in [6, 6.07) is 12.3. The average molecular weight is 396 g/mol. The molecule has 5 nitrogen and oxygen atoms in total. The normalized spacial score (nSPS) is 11.2. The highest BCUT2D eigenvalue weighted by Crippen LogP contribution is 2.15. The molecule has 0 heterocycles. The Bertz CT molecular complexity index is 827. The molecular weight excluding hydrogens is 382 g/mol. The van der Waals surface area contributed by atoms with Crippen molar-refractivity contribution in [2.75, 3.05) is 0 Å². The van der Waals surface area contributed by atoms with Gasteiger partial charge in [-0.2, -0.15) is 0 Å². The van der Waals surface area contributed by atoms with Crippen molar-refractivity contribution in [2.45, 2.75) is 17.7 Å². The Labute approximate surface area is 142 Å². The molecule has 0 fully saturated rings. The number of halogens is 1. The molecule has 2 aromatic rings. The number of hydrogen-bond acceptors (Lipinski definition) is 4. The number of carbonyl (C=O) groups excluding carboxylic acids is 2. The standard InChI is InChI=1S/C16H14BrNO4S/c17-13-5-1-11(2-6-13)15(19)9-10-16(20)12-3-7-14(8-4-12)23(18,21)22/h1-8H,9-10H2,(H2,18,21,22). The summed E-state index contributed by atoms with van der Waals surface area (Å²) in [5.74, 6) is -0.344. The molecule has 0 saturated heterocycles. The van der Waals surface area contributed by atoms with E-state index in [-0.39, 0.29) is 29.3 Å². The van der Waals surface area contributed by atoms with Crippen LogP contribution in [0, 0.1) is 0 Å². The predicted molar refractivity (Wildman–Crippen MR) is 89.9 cm³/mol. The van der Waals surface area contributed by atoms with E-state index in [0.29, 0.717) is 11.1 Å². The molecular formula is C16H14BrNO4S. The maximum atomic E-state index is 12.1. The minimum Gasteiger partial charge on any atom is -0.294 e. The van der Waals surface area contributed by atoms with Crippen molar-refractivity contribution < 1.29 is 18.0 Å². The Hall–Kier alpha value is -1.83. The van der Waals surface area contributed by atoms with E-state index in [2.05, 4.69) is 15.9 Å². The molecule has 0 unspecified atom stereocenters. The Balaban J connectivity index is 1.99. The molecule has 0 radical (unpaired) electrons. The molecule has 0 aliphatic heterocycles. The number of nitrogens with two attached hydrogens (primary N) is 1.